The van der Waals surface area contributed by atoms with Crippen LogP contribution in [0.25, 0.3) is 0 Å². The Morgan fingerprint density at radius 3 is 2.69 bits per heavy atom. The molecule has 0 unspecified atom stereocenters. The number of carbonyl (C=O) groups excluding carboxylic acids is 2. The van der Waals surface area contributed by atoms with Crippen molar-refractivity contribution in [1.82, 2.24) is 0 Å². The number of ether oxygens (including phenoxy) is 1. The summed E-state index contributed by atoms with van der Waals surface area (Å²) >= 11 is 6.18. The minimum atomic E-state index is -0.944. The van der Waals surface area contributed by atoms with Crippen molar-refractivity contribution in [2.24, 2.45) is 11.3 Å². The third kappa shape index (κ3) is 2.52. The molecule has 0 amide bonds. The lowest BCUT2D eigenvalue weighted by Gasteiger charge is -2.47. The molecule has 3 atom stereocenters. The molecule has 2 aliphatic rings. The van der Waals surface area contributed by atoms with Crippen LogP contribution in [0.5, 0.6) is 11.5 Å². The van der Waals surface area contributed by atoms with Gasteiger partial charge in [0.25, 0.3) is 0 Å². The van der Waals surface area contributed by atoms with Gasteiger partial charge in [-0.15, -0.1) is 0 Å². The highest BCUT2D eigenvalue weighted by molar-refractivity contribution is 6.32. The number of allylic oxidation sites excluding steroid dienone is 5. The zero-order valence-corrected chi connectivity index (χ0v) is 15.8. The van der Waals surface area contributed by atoms with Gasteiger partial charge >= 0.3 is 0 Å². The van der Waals surface area contributed by atoms with Gasteiger partial charge in [-0.05, 0) is 48.3 Å². The molecule has 3 rings (SSSR count). The fourth-order valence-corrected chi connectivity index (χ4v) is 4.43. The topological polar surface area (TPSA) is 63.6 Å². The van der Waals surface area contributed by atoms with Gasteiger partial charge in [-0.1, -0.05) is 37.3 Å². The second kappa shape index (κ2) is 6.44. The Kier molecular flexibility index (Phi) is 4.57. The molecular weight excluding hydrogens is 352 g/mol. The first-order valence-corrected chi connectivity index (χ1v) is 8.79. The van der Waals surface area contributed by atoms with Crippen LogP contribution >= 0.6 is 11.6 Å². The molecule has 0 aromatic heterocycles. The van der Waals surface area contributed by atoms with E-state index in [0.717, 1.165) is 5.57 Å². The van der Waals surface area contributed by atoms with E-state index in [0.29, 0.717) is 17.6 Å². The Labute approximate surface area is 157 Å². The van der Waals surface area contributed by atoms with Crippen LogP contribution in [0, 0.1) is 11.3 Å². The molecular formula is C21H21ClO4. The molecule has 1 aromatic rings. The van der Waals surface area contributed by atoms with E-state index in [2.05, 4.69) is 6.58 Å². The number of Topliss-reactive ketones (excluding diaryl/α,β-unsaturated/α-hetero) is 1. The average Bonchev–Trinajstić information content (AvgIpc) is 2.61. The smallest absolute Gasteiger partial charge is 0.176 e. The highest BCUT2D eigenvalue weighted by Crippen LogP contribution is 2.55. The maximum atomic E-state index is 13.1. The summed E-state index contributed by atoms with van der Waals surface area (Å²) in [5.41, 5.74) is 1.12. The van der Waals surface area contributed by atoms with Gasteiger partial charge in [0.15, 0.2) is 23.1 Å². The summed E-state index contributed by atoms with van der Waals surface area (Å²) in [5.74, 6) is -0.864. The summed E-state index contributed by atoms with van der Waals surface area (Å²) < 4.78 is 5.22. The Balaban J connectivity index is 2.26. The van der Waals surface area contributed by atoms with Gasteiger partial charge in [0.05, 0.1) is 17.5 Å². The molecule has 1 N–H and O–H groups in total. The molecule has 0 heterocycles. The van der Waals surface area contributed by atoms with Crippen LogP contribution < -0.4 is 4.74 Å². The summed E-state index contributed by atoms with van der Waals surface area (Å²) in [6, 6.07) is 3.29. The van der Waals surface area contributed by atoms with Gasteiger partial charge in [-0.2, -0.15) is 0 Å². The lowest BCUT2D eigenvalue weighted by Crippen LogP contribution is -2.49. The van der Waals surface area contributed by atoms with E-state index < -0.39 is 17.3 Å². The second-order valence-electron chi connectivity index (χ2n) is 7.02. The van der Waals surface area contributed by atoms with Crippen molar-refractivity contribution in [3.05, 3.63) is 58.7 Å². The molecule has 0 radical (unpaired) electrons. The first kappa shape index (κ1) is 18.5. The van der Waals surface area contributed by atoms with Crippen molar-refractivity contribution in [2.45, 2.75) is 26.2 Å². The summed E-state index contributed by atoms with van der Waals surface area (Å²) in [5, 5.41) is 10.2. The standard InChI is InChI=1S/C21H21ClO4/c1-5-12-6-7-14-19(24)11(2)8-17(23)21(14,3)18(12)13-9-15(22)20(25)16(10-13)26-4/h5-6,8-10,14,18,25H,1,7H2,2-4H3/t14-,18+,21-/m0/s1. The van der Waals surface area contributed by atoms with Crippen LogP contribution in [-0.4, -0.2) is 23.8 Å². The quantitative estimate of drug-likeness (QED) is 0.855. The van der Waals surface area contributed by atoms with E-state index >= 15 is 0 Å². The van der Waals surface area contributed by atoms with Crippen LogP contribution in [0.3, 0.4) is 0 Å². The van der Waals surface area contributed by atoms with Crippen LogP contribution in [0.15, 0.2) is 48.1 Å². The third-order valence-electron chi connectivity index (χ3n) is 5.67. The summed E-state index contributed by atoms with van der Waals surface area (Å²) in [7, 11) is 1.44. The molecule has 26 heavy (non-hydrogen) atoms. The highest BCUT2D eigenvalue weighted by Gasteiger charge is 2.54. The predicted octanol–water partition coefficient (Wildman–Crippen LogP) is 4.37. The number of ketones is 2. The fourth-order valence-electron chi connectivity index (χ4n) is 4.21. The number of methoxy groups -OCH3 is 1. The average molecular weight is 373 g/mol. The van der Waals surface area contributed by atoms with Crippen molar-refractivity contribution in [3.8, 4) is 11.5 Å². The van der Waals surface area contributed by atoms with Gasteiger partial charge in [0.1, 0.15) is 0 Å². The van der Waals surface area contributed by atoms with E-state index in [1.807, 2.05) is 13.0 Å². The van der Waals surface area contributed by atoms with Crippen molar-refractivity contribution in [2.75, 3.05) is 7.11 Å². The summed E-state index contributed by atoms with van der Waals surface area (Å²) in [4.78, 5) is 25.8. The minimum absolute atomic E-state index is 0.00620. The van der Waals surface area contributed by atoms with Gasteiger partial charge in [0.2, 0.25) is 0 Å². The Hall–Kier alpha value is -2.33. The van der Waals surface area contributed by atoms with Gasteiger partial charge in [0, 0.05) is 11.8 Å². The van der Waals surface area contributed by atoms with Crippen LogP contribution in [0.1, 0.15) is 31.7 Å². The number of fused-ring (bicyclic) bond motifs is 1. The predicted molar refractivity (Wildman–Crippen MR) is 101 cm³/mol. The lowest BCUT2D eigenvalue weighted by atomic mass is 9.53. The Bertz CT molecular complexity index is 880. The fraction of sp³-hybridized carbons (Fsp3) is 0.333. The molecule has 0 fully saturated rings. The minimum Gasteiger partial charge on any atom is -0.503 e. The molecule has 0 aliphatic heterocycles. The number of aromatic hydroxyl groups is 1. The number of benzene rings is 1. The SMILES string of the molecule is C=CC1=CC[C@H]2C(=O)C(C)=CC(=O)[C@@]2(C)[C@H]1c1cc(Cl)c(O)c(OC)c1. The maximum absolute atomic E-state index is 13.1. The highest BCUT2D eigenvalue weighted by atomic mass is 35.5. The molecule has 0 saturated carbocycles. The molecule has 0 spiro atoms. The normalized spacial score (nSPS) is 28.2. The monoisotopic (exact) mass is 372 g/mol. The van der Waals surface area contributed by atoms with Gasteiger partial charge in [-0.25, -0.2) is 0 Å². The molecule has 4 nitrogen and oxygen atoms in total. The van der Waals surface area contributed by atoms with Crippen molar-refractivity contribution in [3.63, 3.8) is 0 Å². The zero-order chi connectivity index (χ0) is 19.2. The number of phenolic OH excluding ortho intramolecular Hbond substituents is 1. The van der Waals surface area contributed by atoms with Gasteiger partial charge < -0.3 is 9.84 Å². The number of rotatable bonds is 3. The number of carbonyl (C=O) groups is 2. The molecule has 0 bridgehead atoms. The van der Waals surface area contributed by atoms with Crippen LogP contribution in [0.2, 0.25) is 5.02 Å². The molecule has 1 aromatic carbocycles. The van der Waals surface area contributed by atoms with E-state index in [-0.39, 0.29) is 28.1 Å². The van der Waals surface area contributed by atoms with Crippen molar-refractivity contribution in [1.29, 1.82) is 0 Å². The molecule has 136 valence electrons. The maximum Gasteiger partial charge on any atom is 0.176 e. The van der Waals surface area contributed by atoms with E-state index in [1.165, 1.54) is 13.2 Å². The Morgan fingerprint density at radius 2 is 2.08 bits per heavy atom. The zero-order valence-electron chi connectivity index (χ0n) is 15.0. The summed E-state index contributed by atoms with van der Waals surface area (Å²) in [6.45, 7) is 7.39. The number of halogens is 1. The molecule has 5 heteroatoms. The van der Waals surface area contributed by atoms with E-state index in [1.54, 1.807) is 25.1 Å². The molecule has 2 aliphatic carbocycles. The molecule has 0 saturated heterocycles. The summed E-state index contributed by atoms with van der Waals surface area (Å²) in [6.07, 6.45) is 5.60. The number of hydrogen-bond acceptors (Lipinski definition) is 4. The first-order valence-electron chi connectivity index (χ1n) is 8.41. The van der Waals surface area contributed by atoms with E-state index in [4.69, 9.17) is 16.3 Å². The number of hydrogen-bond donors (Lipinski definition) is 1. The third-order valence-corrected chi connectivity index (χ3v) is 5.96. The van der Waals surface area contributed by atoms with Crippen molar-refractivity contribution >= 4 is 23.2 Å². The second-order valence-corrected chi connectivity index (χ2v) is 7.43. The number of phenols is 1. The van der Waals surface area contributed by atoms with Gasteiger partial charge in [-0.3, -0.25) is 9.59 Å². The van der Waals surface area contributed by atoms with Crippen molar-refractivity contribution < 1.29 is 19.4 Å². The largest absolute Gasteiger partial charge is 0.503 e. The van der Waals surface area contributed by atoms with Crippen LogP contribution in [-0.2, 0) is 9.59 Å². The van der Waals surface area contributed by atoms with E-state index in [9.17, 15) is 14.7 Å². The first-order chi connectivity index (χ1) is 12.2. The Morgan fingerprint density at radius 1 is 1.38 bits per heavy atom. The lowest BCUT2D eigenvalue weighted by molar-refractivity contribution is -0.137. The van der Waals surface area contributed by atoms with Crippen LogP contribution in [0.4, 0.5) is 0 Å².